The van der Waals surface area contributed by atoms with Gasteiger partial charge < -0.3 is 15.7 Å². The minimum Gasteiger partial charge on any atom is -0.480 e. The number of nitrogens with one attached hydrogen (secondary N) is 2. The fourth-order valence-electron chi connectivity index (χ4n) is 1.49. The molecule has 3 N–H and O–H groups in total. The molecule has 2 amide bonds. The molecule has 0 aliphatic carbocycles. The number of urea groups is 1. The molecule has 0 aliphatic rings. The van der Waals surface area contributed by atoms with E-state index in [1.165, 1.54) is 0 Å². The second-order valence-corrected chi connectivity index (χ2v) is 7.56. The van der Waals surface area contributed by atoms with E-state index in [2.05, 4.69) is 26.6 Å². The number of carbonyl (C=O) groups is 2. The summed E-state index contributed by atoms with van der Waals surface area (Å²) in [6.07, 6.45) is 3.05. The van der Waals surface area contributed by atoms with Crippen LogP contribution in [0, 0.1) is 0 Å². The first kappa shape index (κ1) is 17.3. The fraction of sp³-hybridized carbons (Fsp3) is 0.500. The van der Waals surface area contributed by atoms with Crippen molar-refractivity contribution >= 4 is 51.0 Å². The summed E-state index contributed by atoms with van der Waals surface area (Å²) >= 11 is 6.55. The second-order valence-electron chi connectivity index (χ2n) is 4.03. The monoisotopic (exact) mass is 380 g/mol. The van der Waals surface area contributed by atoms with Crippen LogP contribution < -0.4 is 10.6 Å². The Morgan fingerprint density at radius 2 is 2.25 bits per heavy atom. The summed E-state index contributed by atoms with van der Waals surface area (Å²) in [6.45, 7) is 0.480. The van der Waals surface area contributed by atoms with Gasteiger partial charge in [0.05, 0.1) is 3.79 Å². The number of thiophene rings is 1. The molecule has 1 rings (SSSR count). The molecule has 0 saturated carbocycles. The Balaban J connectivity index is 2.28. The summed E-state index contributed by atoms with van der Waals surface area (Å²) in [5.41, 5.74) is 0. The zero-order chi connectivity index (χ0) is 15.0. The van der Waals surface area contributed by atoms with Gasteiger partial charge in [-0.3, -0.25) is 0 Å². The normalized spacial score (nSPS) is 11.9. The minimum absolute atomic E-state index is 0.418. The number of halogens is 1. The van der Waals surface area contributed by atoms with Crippen LogP contribution in [-0.4, -0.2) is 41.7 Å². The molecule has 20 heavy (non-hydrogen) atoms. The molecule has 1 heterocycles. The molecule has 0 radical (unpaired) electrons. The van der Waals surface area contributed by atoms with Crippen molar-refractivity contribution in [1.82, 2.24) is 10.6 Å². The van der Waals surface area contributed by atoms with Gasteiger partial charge in [0.1, 0.15) is 6.04 Å². The first-order valence-corrected chi connectivity index (χ1v) is 9.03. The van der Waals surface area contributed by atoms with Crippen LogP contribution >= 0.6 is 39.0 Å². The van der Waals surface area contributed by atoms with Crippen molar-refractivity contribution in [3.8, 4) is 0 Å². The van der Waals surface area contributed by atoms with E-state index in [0.29, 0.717) is 18.7 Å². The summed E-state index contributed by atoms with van der Waals surface area (Å²) in [5.74, 6) is -0.308. The first-order chi connectivity index (χ1) is 9.52. The molecule has 0 aliphatic heterocycles. The first-order valence-electron chi connectivity index (χ1n) is 6.03. The highest BCUT2D eigenvalue weighted by atomic mass is 79.9. The molecule has 1 atom stereocenters. The lowest BCUT2D eigenvalue weighted by atomic mass is 10.2. The van der Waals surface area contributed by atoms with Crippen LogP contribution in [0.4, 0.5) is 4.79 Å². The van der Waals surface area contributed by atoms with E-state index in [1.54, 1.807) is 23.1 Å². The Kier molecular flexibility index (Phi) is 8.01. The number of carbonyl (C=O) groups excluding carboxylic acids is 1. The van der Waals surface area contributed by atoms with Crippen LogP contribution in [0.5, 0.6) is 0 Å². The summed E-state index contributed by atoms with van der Waals surface area (Å²) in [4.78, 5) is 23.8. The molecule has 1 aromatic rings. The molecular formula is C12H17BrN2O3S2. The number of hydrogen-bond donors (Lipinski definition) is 3. The maximum Gasteiger partial charge on any atom is 0.326 e. The van der Waals surface area contributed by atoms with Crippen molar-refractivity contribution in [2.24, 2.45) is 0 Å². The molecule has 8 heteroatoms. The predicted octanol–water partition coefficient (Wildman–Crippen LogP) is 2.56. The van der Waals surface area contributed by atoms with Gasteiger partial charge in [-0.15, -0.1) is 11.3 Å². The largest absolute Gasteiger partial charge is 0.480 e. The van der Waals surface area contributed by atoms with E-state index < -0.39 is 18.0 Å². The van der Waals surface area contributed by atoms with E-state index in [-0.39, 0.29) is 0 Å². The average Bonchev–Trinajstić information content (AvgIpc) is 2.80. The standard InChI is InChI=1S/C12H17BrN2O3S2/c1-19-7-5-9(11(16)17)15-12(18)14-6-4-8-2-3-10(13)20-8/h2-3,9H,4-7H2,1H3,(H,16,17)(H2,14,15,18)/t9-/m0/s1. The number of carboxylic acid groups (broad SMARTS) is 1. The van der Waals surface area contributed by atoms with Gasteiger partial charge in [-0.1, -0.05) is 0 Å². The summed E-state index contributed by atoms with van der Waals surface area (Å²) < 4.78 is 1.06. The highest BCUT2D eigenvalue weighted by Gasteiger charge is 2.18. The van der Waals surface area contributed by atoms with Gasteiger partial charge in [-0.25, -0.2) is 9.59 Å². The molecule has 1 aromatic heterocycles. The number of aliphatic carboxylic acids is 1. The van der Waals surface area contributed by atoms with Crippen LogP contribution in [0.1, 0.15) is 11.3 Å². The molecule has 0 fully saturated rings. The maximum absolute atomic E-state index is 11.6. The Morgan fingerprint density at radius 1 is 1.50 bits per heavy atom. The Hall–Kier alpha value is -0.730. The molecule has 0 bridgehead atoms. The summed E-state index contributed by atoms with van der Waals surface area (Å²) in [7, 11) is 0. The number of carboxylic acids is 1. The number of thioether (sulfide) groups is 1. The Bertz CT molecular complexity index is 454. The van der Waals surface area contributed by atoms with E-state index in [9.17, 15) is 9.59 Å². The van der Waals surface area contributed by atoms with Gasteiger partial charge in [-0.2, -0.15) is 11.8 Å². The second kappa shape index (κ2) is 9.25. The molecule has 0 saturated heterocycles. The van der Waals surface area contributed by atoms with Crippen molar-refractivity contribution in [3.63, 3.8) is 0 Å². The molecule has 0 aromatic carbocycles. The van der Waals surface area contributed by atoms with Crippen molar-refractivity contribution < 1.29 is 14.7 Å². The minimum atomic E-state index is -1.00. The number of amides is 2. The Labute approximate surface area is 134 Å². The molecule has 112 valence electrons. The third kappa shape index (κ3) is 6.62. The SMILES string of the molecule is CSCC[C@H](NC(=O)NCCc1ccc(Br)s1)C(=O)O. The molecule has 0 spiro atoms. The van der Waals surface area contributed by atoms with Crippen LogP contribution in [-0.2, 0) is 11.2 Å². The maximum atomic E-state index is 11.6. The fourth-order valence-corrected chi connectivity index (χ4v) is 3.44. The van der Waals surface area contributed by atoms with Gasteiger partial charge >= 0.3 is 12.0 Å². The van der Waals surface area contributed by atoms with Crippen LogP contribution in [0.15, 0.2) is 15.9 Å². The van der Waals surface area contributed by atoms with Crippen molar-refractivity contribution in [2.75, 3.05) is 18.6 Å². The van der Waals surface area contributed by atoms with E-state index in [4.69, 9.17) is 5.11 Å². The number of rotatable bonds is 8. The lowest BCUT2D eigenvalue weighted by molar-refractivity contribution is -0.139. The topological polar surface area (TPSA) is 78.4 Å². The van der Waals surface area contributed by atoms with E-state index >= 15 is 0 Å². The summed E-state index contributed by atoms with van der Waals surface area (Å²) in [5, 5.41) is 14.1. The highest BCUT2D eigenvalue weighted by Crippen LogP contribution is 2.21. The lowest BCUT2D eigenvalue weighted by Crippen LogP contribution is -2.46. The molecule has 0 unspecified atom stereocenters. The zero-order valence-corrected chi connectivity index (χ0v) is 14.2. The predicted molar refractivity (Wildman–Crippen MR) is 86.7 cm³/mol. The highest BCUT2D eigenvalue weighted by molar-refractivity contribution is 9.11. The molecule has 5 nitrogen and oxygen atoms in total. The number of hydrogen-bond acceptors (Lipinski definition) is 4. The average molecular weight is 381 g/mol. The van der Waals surface area contributed by atoms with Crippen LogP contribution in [0.2, 0.25) is 0 Å². The van der Waals surface area contributed by atoms with E-state index in [0.717, 1.165) is 15.1 Å². The lowest BCUT2D eigenvalue weighted by Gasteiger charge is -2.14. The molecular weight excluding hydrogens is 364 g/mol. The van der Waals surface area contributed by atoms with Gasteiger partial charge in [0.2, 0.25) is 0 Å². The quantitative estimate of drug-likeness (QED) is 0.647. The van der Waals surface area contributed by atoms with Crippen molar-refractivity contribution in [2.45, 2.75) is 18.9 Å². The van der Waals surface area contributed by atoms with Crippen molar-refractivity contribution in [3.05, 3.63) is 20.8 Å². The van der Waals surface area contributed by atoms with Gasteiger partial charge in [0.15, 0.2) is 0 Å². The smallest absolute Gasteiger partial charge is 0.326 e. The van der Waals surface area contributed by atoms with Crippen molar-refractivity contribution in [1.29, 1.82) is 0 Å². The summed E-state index contributed by atoms with van der Waals surface area (Å²) in [6, 6.07) is 2.68. The third-order valence-corrected chi connectivity index (χ3v) is 4.83. The van der Waals surface area contributed by atoms with Crippen LogP contribution in [0.25, 0.3) is 0 Å². The zero-order valence-electron chi connectivity index (χ0n) is 11.0. The van der Waals surface area contributed by atoms with Gasteiger partial charge in [-0.05, 0) is 52.9 Å². The Morgan fingerprint density at radius 3 is 2.80 bits per heavy atom. The third-order valence-electron chi connectivity index (χ3n) is 2.50. The van der Waals surface area contributed by atoms with Crippen LogP contribution in [0.3, 0.4) is 0 Å². The van der Waals surface area contributed by atoms with Gasteiger partial charge in [0.25, 0.3) is 0 Å². The van der Waals surface area contributed by atoms with E-state index in [1.807, 2.05) is 18.4 Å². The van der Waals surface area contributed by atoms with Gasteiger partial charge in [0, 0.05) is 11.4 Å².